The standard InChI is InChI=1S/C10H15N3O3/c11-7-3-9(12-4-7)10(15)13-1-2-16-8(5-13)6-14/h3-4,8,12,14H,1-2,5-6,11H2. The van der Waals surface area contributed by atoms with Crippen LogP contribution in [0.2, 0.25) is 0 Å². The number of nitrogens with one attached hydrogen (secondary N) is 1. The van der Waals surface area contributed by atoms with Crippen LogP contribution >= 0.6 is 0 Å². The van der Waals surface area contributed by atoms with Gasteiger partial charge in [0.2, 0.25) is 0 Å². The molecule has 6 heteroatoms. The van der Waals surface area contributed by atoms with Crippen LogP contribution in [0.4, 0.5) is 5.69 Å². The summed E-state index contributed by atoms with van der Waals surface area (Å²) < 4.78 is 5.27. The Morgan fingerprint density at radius 3 is 3.19 bits per heavy atom. The number of aromatic nitrogens is 1. The third-order valence-electron chi connectivity index (χ3n) is 2.57. The molecule has 0 bridgehead atoms. The zero-order valence-electron chi connectivity index (χ0n) is 8.85. The molecule has 1 aromatic rings. The van der Waals surface area contributed by atoms with Crippen molar-refractivity contribution in [2.24, 2.45) is 0 Å². The molecule has 1 saturated heterocycles. The monoisotopic (exact) mass is 225 g/mol. The summed E-state index contributed by atoms with van der Waals surface area (Å²) in [6, 6.07) is 1.60. The van der Waals surface area contributed by atoms with Crippen molar-refractivity contribution in [2.75, 3.05) is 32.0 Å². The molecule has 1 fully saturated rings. The van der Waals surface area contributed by atoms with Gasteiger partial charge in [-0.15, -0.1) is 0 Å². The van der Waals surface area contributed by atoms with Crippen molar-refractivity contribution in [3.05, 3.63) is 18.0 Å². The van der Waals surface area contributed by atoms with Crippen molar-refractivity contribution in [3.63, 3.8) is 0 Å². The second kappa shape index (κ2) is 4.54. The number of hydrogen-bond donors (Lipinski definition) is 3. The number of rotatable bonds is 2. The van der Waals surface area contributed by atoms with E-state index in [0.717, 1.165) is 0 Å². The third-order valence-corrected chi connectivity index (χ3v) is 2.57. The highest BCUT2D eigenvalue weighted by Crippen LogP contribution is 2.11. The predicted molar refractivity (Wildman–Crippen MR) is 57.9 cm³/mol. The summed E-state index contributed by atoms with van der Waals surface area (Å²) in [5, 5.41) is 8.97. The van der Waals surface area contributed by atoms with Gasteiger partial charge in [-0.3, -0.25) is 4.79 Å². The average Bonchev–Trinajstić information content (AvgIpc) is 2.75. The first-order valence-electron chi connectivity index (χ1n) is 5.16. The van der Waals surface area contributed by atoms with Crippen LogP contribution < -0.4 is 5.73 Å². The van der Waals surface area contributed by atoms with Crippen molar-refractivity contribution in [1.82, 2.24) is 9.88 Å². The van der Waals surface area contributed by atoms with E-state index in [2.05, 4.69) is 4.98 Å². The Bertz CT molecular complexity index is 377. The van der Waals surface area contributed by atoms with E-state index < -0.39 is 0 Å². The molecular weight excluding hydrogens is 210 g/mol. The largest absolute Gasteiger partial charge is 0.397 e. The number of aliphatic hydroxyl groups excluding tert-OH is 1. The number of ether oxygens (including phenoxy) is 1. The number of carbonyl (C=O) groups is 1. The molecule has 2 heterocycles. The maximum atomic E-state index is 12.0. The van der Waals surface area contributed by atoms with Gasteiger partial charge in [0, 0.05) is 25.0 Å². The number of anilines is 1. The van der Waals surface area contributed by atoms with Gasteiger partial charge in [-0.1, -0.05) is 0 Å². The Morgan fingerprint density at radius 1 is 1.75 bits per heavy atom. The minimum Gasteiger partial charge on any atom is -0.397 e. The minimum atomic E-state index is -0.287. The van der Waals surface area contributed by atoms with Crippen LogP contribution in [-0.2, 0) is 4.74 Å². The van der Waals surface area contributed by atoms with Crippen molar-refractivity contribution < 1.29 is 14.6 Å². The van der Waals surface area contributed by atoms with Crippen LogP contribution in [0.15, 0.2) is 12.3 Å². The summed E-state index contributed by atoms with van der Waals surface area (Å²) in [7, 11) is 0. The van der Waals surface area contributed by atoms with Crippen LogP contribution in [-0.4, -0.2) is 53.3 Å². The highest BCUT2D eigenvalue weighted by atomic mass is 16.5. The minimum absolute atomic E-state index is 0.0728. The molecular formula is C10H15N3O3. The number of amides is 1. The van der Waals surface area contributed by atoms with E-state index in [9.17, 15) is 4.79 Å². The van der Waals surface area contributed by atoms with E-state index in [1.807, 2.05) is 0 Å². The van der Waals surface area contributed by atoms with Gasteiger partial charge in [0.05, 0.1) is 19.3 Å². The second-order valence-corrected chi connectivity index (χ2v) is 3.77. The molecule has 1 amide bonds. The lowest BCUT2D eigenvalue weighted by atomic mass is 10.2. The van der Waals surface area contributed by atoms with Gasteiger partial charge in [0.25, 0.3) is 5.91 Å². The van der Waals surface area contributed by atoms with Crippen molar-refractivity contribution in [2.45, 2.75) is 6.10 Å². The summed E-state index contributed by atoms with van der Waals surface area (Å²) in [5.74, 6) is -0.113. The van der Waals surface area contributed by atoms with E-state index in [1.165, 1.54) is 0 Å². The zero-order valence-corrected chi connectivity index (χ0v) is 8.85. The smallest absolute Gasteiger partial charge is 0.270 e. The van der Waals surface area contributed by atoms with E-state index in [4.69, 9.17) is 15.6 Å². The van der Waals surface area contributed by atoms with Crippen LogP contribution in [0, 0.1) is 0 Å². The lowest BCUT2D eigenvalue weighted by Crippen LogP contribution is -2.47. The molecule has 4 N–H and O–H groups in total. The number of aromatic amines is 1. The zero-order chi connectivity index (χ0) is 11.5. The van der Waals surface area contributed by atoms with Gasteiger partial charge in [0.1, 0.15) is 5.69 Å². The molecule has 0 aliphatic carbocycles. The highest BCUT2D eigenvalue weighted by Gasteiger charge is 2.25. The fraction of sp³-hybridized carbons (Fsp3) is 0.500. The van der Waals surface area contributed by atoms with Crippen LogP contribution in [0.25, 0.3) is 0 Å². The van der Waals surface area contributed by atoms with E-state index in [-0.39, 0.29) is 18.6 Å². The number of hydrogen-bond acceptors (Lipinski definition) is 4. The molecule has 0 saturated carbocycles. The summed E-state index contributed by atoms with van der Waals surface area (Å²) in [6.07, 6.45) is 1.29. The van der Waals surface area contributed by atoms with Crippen LogP contribution in [0.3, 0.4) is 0 Å². The fourth-order valence-electron chi connectivity index (χ4n) is 1.72. The molecule has 1 atom stereocenters. The number of nitrogen functional groups attached to an aromatic ring is 1. The fourth-order valence-corrected chi connectivity index (χ4v) is 1.72. The van der Waals surface area contributed by atoms with Gasteiger partial charge in [-0.05, 0) is 6.07 Å². The Morgan fingerprint density at radius 2 is 2.56 bits per heavy atom. The Labute approximate surface area is 93.0 Å². The number of aliphatic hydroxyl groups is 1. The molecule has 1 aliphatic rings. The van der Waals surface area contributed by atoms with Crippen LogP contribution in [0.5, 0.6) is 0 Å². The molecule has 16 heavy (non-hydrogen) atoms. The summed E-state index contributed by atoms with van der Waals surface area (Å²) in [4.78, 5) is 16.4. The van der Waals surface area contributed by atoms with Gasteiger partial charge >= 0.3 is 0 Å². The molecule has 1 aliphatic heterocycles. The van der Waals surface area contributed by atoms with Crippen molar-refractivity contribution in [1.29, 1.82) is 0 Å². The van der Waals surface area contributed by atoms with Gasteiger partial charge in [-0.2, -0.15) is 0 Å². The first kappa shape index (κ1) is 11.0. The Hall–Kier alpha value is -1.53. The molecule has 2 rings (SSSR count). The van der Waals surface area contributed by atoms with Crippen molar-refractivity contribution in [3.8, 4) is 0 Å². The van der Waals surface area contributed by atoms with Crippen LogP contribution in [0.1, 0.15) is 10.5 Å². The maximum absolute atomic E-state index is 12.0. The molecule has 0 spiro atoms. The first-order chi connectivity index (χ1) is 7.70. The second-order valence-electron chi connectivity index (χ2n) is 3.77. The third kappa shape index (κ3) is 2.17. The van der Waals surface area contributed by atoms with Crippen molar-refractivity contribution >= 4 is 11.6 Å². The predicted octanol–water partition coefficient (Wildman–Crippen LogP) is -0.570. The van der Waals surface area contributed by atoms with E-state index in [0.29, 0.717) is 31.1 Å². The number of H-pyrrole nitrogens is 1. The highest BCUT2D eigenvalue weighted by molar-refractivity contribution is 5.93. The molecule has 1 unspecified atom stereocenters. The lowest BCUT2D eigenvalue weighted by Gasteiger charge is -2.31. The summed E-state index contributed by atoms with van der Waals surface area (Å²) in [5.41, 5.74) is 6.54. The summed E-state index contributed by atoms with van der Waals surface area (Å²) >= 11 is 0. The quantitative estimate of drug-likeness (QED) is 0.628. The van der Waals surface area contributed by atoms with Gasteiger partial charge < -0.3 is 25.5 Å². The average molecular weight is 225 g/mol. The van der Waals surface area contributed by atoms with E-state index in [1.54, 1.807) is 17.2 Å². The number of nitrogens with two attached hydrogens (primary N) is 1. The molecule has 0 aromatic carbocycles. The Balaban J connectivity index is 2.04. The summed E-state index contributed by atoms with van der Waals surface area (Å²) in [6.45, 7) is 1.33. The normalized spacial score (nSPS) is 21.1. The molecule has 6 nitrogen and oxygen atoms in total. The first-order valence-corrected chi connectivity index (χ1v) is 5.16. The number of carbonyl (C=O) groups excluding carboxylic acids is 1. The molecule has 88 valence electrons. The molecule has 1 aromatic heterocycles. The SMILES string of the molecule is Nc1c[nH]c(C(=O)N2CCOC(CO)C2)c1. The lowest BCUT2D eigenvalue weighted by molar-refractivity contribution is -0.0448. The number of nitrogens with zero attached hydrogens (tertiary/aromatic N) is 1. The molecule has 0 radical (unpaired) electrons. The van der Waals surface area contributed by atoms with Gasteiger partial charge in [-0.25, -0.2) is 0 Å². The topological polar surface area (TPSA) is 91.6 Å². The Kier molecular flexibility index (Phi) is 3.12. The van der Waals surface area contributed by atoms with E-state index >= 15 is 0 Å². The maximum Gasteiger partial charge on any atom is 0.270 e. The number of morpholine rings is 1. The van der Waals surface area contributed by atoms with Gasteiger partial charge in [0.15, 0.2) is 0 Å².